The van der Waals surface area contributed by atoms with Crippen LogP contribution in [0.4, 0.5) is 5.69 Å². The van der Waals surface area contributed by atoms with E-state index in [0.717, 1.165) is 27.8 Å². The second kappa shape index (κ2) is 9.49. The lowest BCUT2D eigenvalue weighted by Crippen LogP contribution is -2.16. The molecule has 0 spiro atoms. The third-order valence-electron chi connectivity index (χ3n) is 5.16. The number of nitrogens with one attached hydrogen (secondary N) is 1. The molecule has 1 amide bonds. The number of aryl methyl sites for hydroxylation is 3. The van der Waals surface area contributed by atoms with Gasteiger partial charge in [0, 0.05) is 10.7 Å². The zero-order valence-corrected chi connectivity index (χ0v) is 21.9. The molecule has 0 saturated carbocycles. The number of imidazole rings is 1. The first-order valence-electron chi connectivity index (χ1n) is 10.2. The molecular weight excluding hydrogens is 538 g/mol. The molecule has 0 bridgehead atoms. The third-order valence-corrected chi connectivity index (χ3v) is 7.67. The molecule has 0 fully saturated rings. The van der Waals surface area contributed by atoms with Crippen molar-refractivity contribution in [3.05, 3.63) is 70.0 Å². The molecule has 0 atom stereocenters. The van der Waals surface area contributed by atoms with E-state index in [2.05, 4.69) is 63.7 Å². The highest BCUT2D eigenvalue weighted by Crippen LogP contribution is 2.32. The van der Waals surface area contributed by atoms with Gasteiger partial charge in [-0.05, 0) is 72.1 Å². The van der Waals surface area contributed by atoms with Crippen LogP contribution in [-0.2, 0) is 14.8 Å². The molecule has 8 nitrogen and oxygen atoms in total. The number of halogens is 1. The van der Waals surface area contributed by atoms with Crippen LogP contribution < -0.4 is 10.5 Å². The Labute approximate surface area is 210 Å². The minimum absolute atomic E-state index is 0.0436. The summed E-state index contributed by atoms with van der Waals surface area (Å²) in [6, 6.07) is 10.4. The minimum atomic E-state index is -3.83. The lowest BCUT2D eigenvalue weighted by Gasteiger charge is -2.16. The number of primary sulfonamides is 1. The van der Waals surface area contributed by atoms with Crippen LogP contribution in [0.2, 0.25) is 0 Å². The lowest BCUT2D eigenvalue weighted by atomic mass is 10.0. The van der Waals surface area contributed by atoms with Gasteiger partial charge in [-0.1, -0.05) is 29.5 Å². The van der Waals surface area contributed by atoms with Crippen LogP contribution in [0.3, 0.4) is 0 Å². The molecule has 4 aromatic rings. The van der Waals surface area contributed by atoms with Gasteiger partial charge in [0.25, 0.3) is 0 Å². The molecule has 0 aliphatic carbocycles. The number of pyridine rings is 1. The summed E-state index contributed by atoms with van der Waals surface area (Å²) in [5.74, 6) is -0.160. The van der Waals surface area contributed by atoms with E-state index in [1.807, 2.05) is 6.07 Å². The number of carbonyl (C=O) groups is 1. The molecule has 4 rings (SSSR count). The van der Waals surface area contributed by atoms with Gasteiger partial charge in [0.15, 0.2) is 5.16 Å². The highest BCUT2D eigenvalue weighted by atomic mass is 79.9. The Balaban J connectivity index is 1.62. The predicted octanol–water partition coefficient (Wildman–Crippen LogP) is 4.49. The van der Waals surface area contributed by atoms with E-state index in [1.54, 1.807) is 12.4 Å². The van der Waals surface area contributed by atoms with Crippen molar-refractivity contribution >= 4 is 60.3 Å². The molecule has 2 aromatic carbocycles. The summed E-state index contributed by atoms with van der Waals surface area (Å²) in [5, 5.41) is 8.63. The fraction of sp³-hybridized carbons (Fsp3) is 0.174. The summed E-state index contributed by atoms with van der Waals surface area (Å²) in [6.07, 6.45) is 3.43. The number of hydrogen-bond donors (Lipinski definition) is 2. The number of nitrogens with zero attached hydrogens (tertiary/aromatic N) is 3. The second-order valence-electron chi connectivity index (χ2n) is 7.87. The van der Waals surface area contributed by atoms with Crippen molar-refractivity contribution in [3.63, 3.8) is 0 Å². The van der Waals surface area contributed by atoms with E-state index in [0.29, 0.717) is 15.3 Å². The number of amides is 1. The van der Waals surface area contributed by atoms with Crippen LogP contribution in [0.15, 0.2) is 63.3 Å². The third kappa shape index (κ3) is 5.02. The number of thioether (sulfide) groups is 1. The average molecular weight is 560 g/mol. The summed E-state index contributed by atoms with van der Waals surface area (Å²) in [4.78, 5) is 21.6. The van der Waals surface area contributed by atoms with Crippen LogP contribution in [-0.4, -0.2) is 34.6 Å². The Morgan fingerprint density at radius 1 is 1.15 bits per heavy atom. The molecule has 2 aromatic heterocycles. The monoisotopic (exact) mass is 559 g/mol. The molecule has 2 heterocycles. The van der Waals surface area contributed by atoms with E-state index in [-0.39, 0.29) is 16.6 Å². The SMILES string of the molecule is Cc1cc(C)c(-n2c(SCC(=O)Nc3ccc(S(N)(=O)=O)cc3Br)nc3cnccc32)c(C)c1. The van der Waals surface area contributed by atoms with Crippen LogP contribution in [0.1, 0.15) is 16.7 Å². The van der Waals surface area contributed by atoms with Gasteiger partial charge in [0.1, 0.15) is 5.52 Å². The summed E-state index contributed by atoms with van der Waals surface area (Å²) in [6.45, 7) is 6.19. The first-order valence-corrected chi connectivity index (χ1v) is 13.5. The fourth-order valence-corrected chi connectivity index (χ4v) is 5.82. The Bertz CT molecular complexity index is 1510. The number of aromatic nitrogens is 3. The van der Waals surface area contributed by atoms with Gasteiger partial charge < -0.3 is 5.32 Å². The average Bonchev–Trinajstić information content (AvgIpc) is 3.10. The van der Waals surface area contributed by atoms with Gasteiger partial charge >= 0.3 is 0 Å². The normalized spacial score (nSPS) is 11.7. The van der Waals surface area contributed by atoms with Crippen LogP contribution in [0, 0.1) is 20.8 Å². The van der Waals surface area contributed by atoms with Crippen molar-refractivity contribution in [2.24, 2.45) is 5.14 Å². The van der Waals surface area contributed by atoms with Crippen molar-refractivity contribution in [2.45, 2.75) is 30.8 Å². The minimum Gasteiger partial charge on any atom is -0.324 e. The zero-order chi connectivity index (χ0) is 24.6. The van der Waals surface area contributed by atoms with Crippen molar-refractivity contribution in [3.8, 4) is 5.69 Å². The molecule has 0 aliphatic rings. The standard InChI is InChI=1S/C23H22BrN5O3S2/c1-13-8-14(2)22(15(3)9-13)29-20-6-7-26-11-19(20)28-23(29)33-12-21(30)27-18-5-4-16(10-17(18)24)34(25,31)32/h4-11H,12H2,1-3H3,(H,27,30)(H2,25,31,32). The number of nitrogens with two attached hydrogens (primary N) is 1. The van der Waals surface area contributed by atoms with Crippen LogP contribution in [0.25, 0.3) is 16.7 Å². The van der Waals surface area contributed by atoms with Crippen molar-refractivity contribution in [1.82, 2.24) is 14.5 Å². The first kappa shape index (κ1) is 24.4. The smallest absolute Gasteiger partial charge is 0.238 e. The molecule has 34 heavy (non-hydrogen) atoms. The van der Waals surface area contributed by atoms with Crippen LogP contribution in [0.5, 0.6) is 0 Å². The summed E-state index contributed by atoms with van der Waals surface area (Å²) in [7, 11) is -3.83. The highest BCUT2D eigenvalue weighted by Gasteiger charge is 2.18. The van der Waals surface area contributed by atoms with Crippen molar-refractivity contribution in [2.75, 3.05) is 11.1 Å². The van der Waals surface area contributed by atoms with Gasteiger partial charge in [-0.15, -0.1) is 0 Å². The number of carbonyl (C=O) groups excluding carboxylic acids is 1. The molecule has 3 N–H and O–H groups in total. The van der Waals surface area contributed by atoms with Crippen molar-refractivity contribution in [1.29, 1.82) is 0 Å². The largest absolute Gasteiger partial charge is 0.324 e. The Kier molecular flexibility index (Phi) is 6.81. The first-order chi connectivity index (χ1) is 16.0. The van der Waals surface area contributed by atoms with E-state index < -0.39 is 10.0 Å². The van der Waals surface area contributed by atoms with E-state index in [4.69, 9.17) is 10.1 Å². The molecule has 11 heteroatoms. The highest BCUT2D eigenvalue weighted by molar-refractivity contribution is 9.10. The van der Waals surface area contributed by atoms with Gasteiger partial charge in [-0.2, -0.15) is 0 Å². The molecule has 0 aliphatic heterocycles. The number of anilines is 1. The number of fused-ring (bicyclic) bond motifs is 1. The maximum absolute atomic E-state index is 12.7. The maximum atomic E-state index is 12.7. The van der Waals surface area contributed by atoms with Crippen LogP contribution >= 0.6 is 27.7 Å². The van der Waals surface area contributed by atoms with E-state index >= 15 is 0 Å². The van der Waals surface area contributed by atoms with Gasteiger partial charge in [0.05, 0.1) is 33.7 Å². The van der Waals surface area contributed by atoms with E-state index in [1.165, 1.54) is 35.5 Å². The number of hydrogen-bond acceptors (Lipinski definition) is 6. The Morgan fingerprint density at radius 3 is 2.50 bits per heavy atom. The van der Waals surface area contributed by atoms with Gasteiger partial charge in [0.2, 0.25) is 15.9 Å². The summed E-state index contributed by atoms with van der Waals surface area (Å²) >= 11 is 4.60. The molecule has 0 radical (unpaired) electrons. The quantitative estimate of drug-likeness (QED) is 0.336. The number of rotatable bonds is 6. The number of benzene rings is 2. The Hall–Kier alpha value is -2.73. The summed E-state index contributed by atoms with van der Waals surface area (Å²) in [5.41, 5.74) is 6.53. The molecule has 0 unspecified atom stereocenters. The van der Waals surface area contributed by atoms with Gasteiger partial charge in [-0.3, -0.25) is 14.3 Å². The molecular formula is C23H22BrN5O3S2. The molecule has 176 valence electrons. The number of sulfonamides is 1. The lowest BCUT2D eigenvalue weighted by molar-refractivity contribution is -0.113. The second-order valence-corrected chi connectivity index (χ2v) is 11.2. The maximum Gasteiger partial charge on any atom is 0.238 e. The van der Waals surface area contributed by atoms with E-state index in [9.17, 15) is 13.2 Å². The fourth-order valence-electron chi connectivity index (χ4n) is 3.84. The zero-order valence-electron chi connectivity index (χ0n) is 18.7. The summed E-state index contributed by atoms with van der Waals surface area (Å²) < 4.78 is 25.5. The van der Waals surface area contributed by atoms with Crippen molar-refractivity contribution < 1.29 is 13.2 Å². The van der Waals surface area contributed by atoms with Gasteiger partial charge in [-0.25, -0.2) is 18.5 Å². The Morgan fingerprint density at radius 2 is 1.85 bits per heavy atom. The predicted molar refractivity (Wildman–Crippen MR) is 138 cm³/mol. The topological polar surface area (TPSA) is 120 Å². The molecule has 0 saturated heterocycles.